The van der Waals surface area contributed by atoms with E-state index >= 15 is 0 Å². The van der Waals surface area contributed by atoms with Crippen molar-refractivity contribution >= 4 is 5.91 Å². The summed E-state index contributed by atoms with van der Waals surface area (Å²) in [6.45, 7) is 4.92. The zero-order valence-corrected chi connectivity index (χ0v) is 7.18. The van der Waals surface area contributed by atoms with Crippen LogP contribution in [0.4, 0.5) is 0 Å². The number of amides is 1. The molecule has 3 heteroatoms. The molecule has 0 bridgehead atoms. The van der Waals surface area contributed by atoms with Crippen molar-refractivity contribution in [1.82, 2.24) is 5.32 Å². The summed E-state index contributed by atoms with van der Waals surface area (Å²) in [6, 6.07) is 0. The smallest absolute Gasteiger partial charge is 0.246 e. The Hall–Kier alpha value is -0.830. The van der Waals surface area contributed by atoms with E-state index in [1.807, 2.05) is 6.92 Å². The molecule has 0 fully saturated rings. The number of nitrogens with two attached hydrogens (primary N) is 1. The van der Waals surface area contributed by atoms with E-state index in [4.69, 9.17) is 5.73 Å². The number of hydrogen-bond donors (Lipinski definition) is 2. The van der Waals surface area contributed by atoms with Gasteiger partial charge in [-0.1, -0.05) is 6.08 Å². The van der Waals surface area contributed by atoms with Crippen LogP contribution in [0.2, 0.25) is 0 Å². The fourth-order valence-electron chi connectivity index (χ4n) is 0.574. The summed E-state index contributed by atoms with van der Waals surface area (Å²) < 4.78 is 0. The Morgan fingerprint density at radius 1 is 1.64 bits per heavy atom. The fourth-order valence-corrected chi connectivity index (χ4v) is 0.574. The molecule has 64 valence electrons. The van der Waals surface area contributed by atoms with Crippen LogP contribution in [0.15, 0.2) is 11.6 Å². The van der Waals surface area contributed by atoms with Gasteiger partial charge in [0.1, 0.15) is 0 Å². The maximum atomic E-state index is 11.0. The van der Waals surface area contributed by atoms with Crippen LogP contribution in [0.5, 0.6) is 0 Å². The second-order valence-corrected chi connectivity index (χ2v) is 2.37. The third-order valence-corrected chi connectivity index (χ3v) is 1.46. The lowest BCUT2D eigenvalue weighted by molar-refractivity contribution is -0.117. The highest BCUT2D eigenvalue weighted by molar-refractivity contribution is 5.92. The molecule has 0 aromatic carbocycles. The Morgan fingerprint density at radius 2 is 2.27 bits per heavy atom. The first-order chi connectivity index (χ1) is 5.22. The van der Waals surface area contributed by atoms with Crippen molar-refractivity contribution < 1.29 is 4.79 Å². The average Bonchev–Trinajstić information content (AvgIpc) is 2.03. The topological polar surface area (TPSA) is 55.1 Å². The van der Waals surface area contributed by atoms with E-state index in [1.54, 1.807) is 13.0 Å². The SMILES string of the molecule is C/C=C(/C)C(=O)NCCCN. The fraction of sp³-hybridized carbons (Fsp3) is 0.625. The number of nitrogens with one attached hydrogen (secondary N) is 1. The summed E-state index contributed by atoms with van der Waals surface area (Å²) in [6.07, 6.45) is 2.63. The molecule has 0 aliphatic rings. The predicted octanol–water partition coefficient (Wildman–Crippen LogP) is 0.418. The lowest BCUT2D eigenvalue weighted by Gasteiger charge is -2.02. The summed E-state index contributed by atoms with van der Waals surface area (Å²) in [7, 11) is 0. The first kappa shape index (κ1) is 10.2. The van der Waals surface area contributed by atoms with Gasteiger partial charge < -0.3 is 11.1 Å². The van der Waals surface area contributed by atoms with Crippen LogP contribution < -0.4 is 11.1 Å². The first-order valence-corrected chi connectivity index (χ1v) is 3.83. The highest BCUT2D eigenvalue weighted by Gasteiger charge is 1.99. The van der Waals surface area contributed by atoms with Crippen molar-refractivity contribution in [3.8, 4) is 0 Å². The molecule has 3 nitrogen and oxygen atoms in total. The number of rotatable bonds is 4. The van der Waals surface area contributed by atoms with Crippen molar-refractivity contribution in [2.24, 2.45) is 5.73 Å². The van der Waals surface area contributed by atoms with Crippen LogP contribution in [0.3, 0.4) is 0 Å². The molecule has 0 saturated carbocycles. The molecule has 0 rings (SSSR count). The van der Waals surface area contributed by atoms with Crippen LogP contribution in [0, 0.1) is 0 Å². The van der Waals surface area contributed by atoms with Gasteiger partial charge in [-0.05, 0) is 26.8 Å². The Morgan fingerprint density at radius 3 is 2.73 bits per heavy atom. The Balaban J connectivity index is 3.53. The molecule has 0 heterocycles. The number of carbonyl (C=O) groups excluding carboxylic acids is 1. The summed E-state index contributed by atoms with van der Waals surface area (Å²) in [4.78, 5) is 11.0. The molecule has 0 aromatic heterocycles. The van der Waals surface area contributed by atoms with Gasteiger partial charge in [0.05, 0.1) is 0 Å². The Labute approximate surface area is 67.7 Å². The molecule has 1 amide bonds. The summed E-state index contributed by atoms with van der Waals surface area (Å²) in [5.41, 5.74) is 6.01. The third kappa shape index (κ3) is 4.56. The highest BCUT2D eigenvalue weighted by Crippen LogP contribution is 1.90. The van der Waals surface area contributed by atoms with E-state index in [0.717, 1.165) is 12.0 Å². The van der Waals surface area contributed by atoms with Crippen LogP contribution in [-0.2, 0) is 4.79 Å². The van der Waals surface area contributed by atoms with Gasteiger partial charge in [0, 0.05) is 12.1 Å². The third-order valence-electron chi connectivity index (χ3n) is 1.46. The molecular weight excluding hydrogens is 140 g/mol. The zero-order chi connectivity index (χ0) is 8.69. The quantitative estimate of drug-likeness (QED) is 0.458. The Kier molecular flexibility index (Phi) is 5.47. The van der Waals surface area contributed by atoms with Crippen molar-refractivity contribution in [1.29, 1.82) is 0 Å². The molecule has 3 N–H and O–H groups in total. The van der Waals surface area contributed by atoms with Crippen molar-refractivity contribution in [3.63, 3.8) is 0 Å². The molecule has 0 atom stereocenters. The Bertz CT molecular complexity index is 152. The van der Waals surface area contributed by atoms with E-state index in [1.165, 1.54) is 0 Å². The molecular formula is C8H16N2O. The van der Waals surface area contributed by atoms with Crippen LogP contribution in [0.25, 0.3) is 0 Å². The molecule has 0 spiro atoms. The van der Waals surface area contributed by atoms with Gasteiger partial charge in [-0.25, -0.2) is 0 Å². The van der Waals surface area contributed by atoms with E-state index < -0.39 is 0 Å². The average molecular weight is 156 g/mol. The predicted molar refractivity (Wildman–Crippen MR) is 46.1 cm³/mol. The van der Waals surface area contributed by atoms with Gasteiger partial charge >= 0.3 is 0 Å². The molecule has 0 saturated heterocycles. The van der Waals surface area contributed by atoms with Crippen LogP contribution >= 0.6 is 0 Å². The zero-order valence-electron chi connectivity index (χ0n) is 7.18. The van der Waals surface area contributed by atoms with Crippen LogP contribution in [0.1, 0.15) is 20.3 Å². The molecule has 0 aliphatic heterocycles. The lowest BCUT2D eigenvalue weighted by atomic mass is 10.2. The largest absolute Gasteiger partial charge is 0.352 e. The van der Waals surface area contributed by atoms with E-state index in [9.17, 15) is 4.79 Å². The van der Waals surface area contributed by atoms with Gasteiger partial charge in [0.15, 0.2) is 0 Å². The minimum atomic E-state index is 0.000880. The summed E-state index contributed by atoms with van der Waals surface area (Å²) in [5.74, 6) is 0.000880. The standard InChI is InChI=1S/C8H16N2O/c1-3-7(2)8(11)10-6-4-5-9/h3H,4-6,9H2,1-2H3,(H,10,11)/b7-3-. The van der Waals surface area contributed by atoms with Crippen molar-refractivity contribution in [2.75, 3.05) is 13.1 Å². The number of allylic oxidation sites excluding steroid dienone is 1. The van der Waals surface area contributed by atoms with Gasteiger partial charge in [0.2, 0.25) is 5.91 Å². The molecule has 0 radical (unpaired) electrons. The van der Waals surface area contributed by atoms with Gasteiger partial charge in [-0.3, -0.25) is 4.79 Å². The van der Waals surface area contributed by atoms with Crippen molar-refractivity contribution in [2.45, 2.75) is 20.3 Å². The molecule has 11 heavy (non-hydrogen) atoms. The van der Waals surface area contributed by atoms with Crippen LogP contribution in [-0.4, -0.2) is 19.0 Å². The highest BCUT2D eigenvalue weighted by atomic mass is 16.1. The monoisotopic (exact) mass is 156 g/mol. The molecule has 0 aromatic rings. The van der Waals surface area contributed by atoms with Gasteiger partial charge in [0.25, 0.3) is 0 Å². The normalized spacial score (nSPS) is 11.4. The van der Waals surface area contributed by atoms with Crippen molar-refractivity contribution in [3.05, 3.63) is 11.6 Å². The summed E-state index contributed by atoms with van der Waals surface area (Å²) >= 11 is 0. The number of hydrogen-bond acceptors (Lipinski definition) is 2. The van der Waals surface area contributed by atoms with Gasteiger partial charge in [-0.2, -0.15) is 0 Å². The molecule has 0 unspecified atom stereocenters. The van der Waals surface area contributed by atoms with E-state index in [-0.39, 0.29) is 5.91 Å². The minimum absolute atomic E-state index is 0.000880. The second-order valence-electron chi connectivity index (χ2n) is 2.37. The second kappa shape index (κ2) is 5.92. The maximum absolute atomic E-state index is 11.0. The summed E-state index contributed by atoms with van der Waals surface area (Å²) in [5, 5.41) is 2.75. The lowest BCUT2D eigenvalue weighted by Crippen LogP contribution is -2.26. The van der Waals surface area contributed by atoms with E-state index in [2.05, 4.69) is 5.32 Å². The van der Waals surface area contributed by atoms with E-state index in [0.29, 0.717) is 13.1 Å². The first-order valence-electron chi connectivity index (χ1n) is 3.83. The molecule has 0 aliphatic carbocycles. The van der Waals surface area contributed by atoms with Gasteiger partial charge in [-0.15, -0.1) is 0 Å². The minimum Gasteiger partial charge on any atom is -0.352 e. The number of carbonyl (C=O) groups is 1. The maximum Gasteiger partial charge on any atom is 0.246 e.